The van der Waals surface area contributed by atoms with Crippen LogP contribution in [-0.2, 0) is 9.59 Å². The minimum absolute atomic E-state index is 0.133. The van der Waals surface area contributed by atoms with Crippen LogP contribution in [0.1, 0.15) is 6.42 Å². The summed E-state index contributed by atoms with van der Waals surface area (Å²) >= 11 is 1.37. The molecule has 0 aliphatic carbocycles. The van der Waals surface area contributed by atoms with Gasteiger partial charge in [-0.15, -0.1) is 17.9 Å². The molecule has 2 aromatic carbocycles. The van der Waals surface area contributed by atoms with Gasteiger partial charge in [0.25, 0.3) is 5.91 Å². The second-order valence-corrected chi connectivity index (χ2v) is 7.77. The third-order valence-electron chi connectivity index (χ3n) is 4.86. The molecule has 156 valence electrons. The number of rotatable bonds is 7. The Morgan fingerprint density at radius 2 is 1.84 bits per heavy atom. The third kappa shape index (κ3) is 4.24. The van der Waals surface area contributed by atoms with E-state index in [1.807, 2.05) is 66.0 Å². The molecule has 2 N–H and O–H groups in total. The molecule has 1 atom stereocenters. The van der Waals surface area contributed by atoms with Crippen LogP contribution in [0.2, 0.25) is 0 Å². The Morgan fingerprint density at radius 1 is 1.16 bits per heavy atom. The molecule has 1 aliphatic rings. The number of nitrogens with two attached hydrogens (primary N) is 1. The van der Waals surface area contributed by atoms with Crippen molar-refractivity contribution in [2.24, 2.45) is 10.8 Å². The molecule has 1 aromatic heterocycles. The molecule has 3 aromatic rings. The summed E-state index contributed by atoms with van der Waals surface area (Å²) in [6, 6.07) is 18.2. The van der Waals surface area contributed by atoms with Crippen molar-refractivity contribution in [1.82, 2.24) is 4.98 Å². The molecule has 0 spiro atoms. The summed E-state index contributed by atoms with van der Waals surface area (Å²) in [5, 5.41) is 8.42. The van der Waals surface area contributed by atoms with Gasteiger partial charge in [-0.2, -0.15) is 5.10 Å². The fraction of sp³-hybridized carbons (Fsp3) is 0.130. The predicted molar refractivity (Wildman–Crippen MR) is 124 cm³/mol. The third-order valence-corrected chi connectivity index (χ3v) is 5.72. The van der Waals surface area contributed by atoms with Crippen LogP contribution in [-0.4, -0.2) is 35.1 Å². The van der Waals surface area contributed by atoms with Gasteiger partial charge in [0.1, 0.15) is 11.8 Å². The molecule has 2 amide bonds. The first-order valence-electron chi connectivity index (χ1n) is 9.73. The van der Waals surface area contributed by atoms with Crippen LogP contribution >= 0.6 is 11.3 Å². The second kappa shape index (κ2) is 8.93. The number of carbonyl (C=O) groups is 2. The van der Waals surface area contributed by atoms with E-state index in [0.717, 1.165) is 11.3 Å². The van der Waals surface area contributed by atoms with Crippen LogP contribution < -0.4 is 15.6 Å². The molecule has 0 radical (unpaired) electrons. The van der Waals surface area contributed by atoms with Crippen LogP contribution in [0.5, 0.6) is 0 Å². The van der Waals surface area contributed by atoms with Crippen molar-refractivity contribution in [3.63, 3.8) is 0 Å². The van der Waals surface area contributed by atoms with E-state index in [1.165, 1.54) is 21.2 Å². The number of benzene rings is 2. The Labute approximate surface area is 184 Å². The minimum atomic E-state index is -0.719. The van der Waals surface area contributed by atoms with Gasteiger partial charge in [-0.3, -0.25) is 19.5 Å². The van der Waals surface area contributed by atoms with Gasteiger partial charge in [-0.1, -0.05) is 54.6 Å². The number of hydrogen-bond donors (Lipinski definition) is 1. The minimum Gasteiger partial charge on any atom is -0.368 e. The van der Waals surface area contributed by atoms with E-state index in [4.69, 9.17) is 5.73 Å². The number of hydrogen-bond acceptors (Lipinski definition) is 6. The quantitative estimate of drug-likeness (QED) is 0.580. The topological polar surface area (TPSA) is 91.9 Å². The Morgan fingerprint density at radius 3 is 2.48 bits per heavy atom. The lowest BCUT2D eigenvalue weighted by Gasteiger charge is -2.20. The van der Waals surface area contributed by atoms with E-state index >= 15 is 0 Å². The zero-order valence-electron chi connectivity index (χ0n) is 16.7. The highest BCUT2D eigenvalue weighted by molar-refractivity contribution is 7.14. The number of aromatic nitrogens is 1. The summed E-state index contributed by atoms with van der Waals surface area (Å²) in [4.78, 5) is 31.6. The Hall–Kier alpha value is -3.78. The molecule has 31 heavy (non-hydrogen) atoms. The lowest BCUT2D eigenvalue weighted by atomic mass is 10.1. The van der Waals surface area contributed by atoms with Crippen molar-refractivity contribution < 1.29 is 9.59 Å². The van der Waals surface area contributed by atoms with Crippen molar-refractivity contribution in [3.05, 3.63) is 78.7 Å². The molecule has 1 unspecified atom stereocenters. The van der Waals surface area contributed by atoms with E-state index in [1.54, 1.807) is 6.08 Å². The van der Waals surface area contributed by atoms with Gasteiger partial charge in [0, 0.05) is 23.9 Å². The zero-order valence-corrected chi connectivity index (χ0v) is 17.5. The maximum absolute atomic E-state index is 13.4. The fourth-order valence-corrected chi connectivity index (χ4v) is 4.18. The summed E-state index contributed by atoms with van der Waals surface area (Å²) in [7, 11) is 0. The number of amides is 2. The molecule has 7 nitrogen and oxygen atoms in total. The first kappa shape index (κ1) is 20.5. The molecule has 0 saturated carbocycles. The van der Waals surface area contributed by atoms with Crippen LogP contribution in [0.25, 0.3) is 11.3 Å². The standard InChI is InChI=1S/C23H21N5O2S/c1-2-13-27(23-25-19(15-31-23)16-9-5-3-6-10-16)22(30)18-14-20(21(24)29)28(26-18)17-11-7-4-8-12-17/h2-12,15,20H,1,13-14H2,(H2,24,29). The molecule has 0 saturated heterocycles. The largest absolute Gasteiger partial charge is 0.368 e. The predicted octanol–water partition coefficient (Wildman–Crippen LogP) is 3.45. The van der Waals surface area contributed by atoms with Crippen molar-refractivity contribution in [1.29, 1.82) is 0 Å². The van der Waals surface area contributed by atoms with Crippen LogP contribution in [0.4, 0.5) is 10.8 Å². The average Bonchev–Trinajstić information content (AvgIpc) is 3.46. The molecular weight excluding hydrogens is 410 g/mol. The first-order chi connectivity index (χ1) is 15.1. The molecule has 0 fully saturated rings. The smallest absolute Gasteiger partial charge is 0.276 e. The SMILES string of the molecule is C=CCN(C(=O)C1=NN(c2ccccc2)C(C(N)=O)C1)c1nc(-c2ccccc2)cs1. The number of nitrogens with zero attached hydrogens (tertiary/aromatic N) is 4. The summed E-state index contributed by atoms with van der Waals surface area (Å²) in [6.07, 6.45) is 1.77. The Bertz CT molecular complexity index is 1130. The highest BCUT2D eigenvalue weighted by Gasteiger charge is 2.37. The van der Waals surface area contributed by atoms with Gasteiger partial charge in [0.05, 0.1) is 11.4 Å². The van der Waals surface area contributed by atoms with E-state index < -0.39 is 11.9 Å². The number of para-hydroxylation sites is 1. The highest BCUT2D eigenvalue weighted by atomic mass is 32.1. The van der Waals surface area contributed by atoms with E-state index in [2.05, 4.69) is 16.7 Å². The van der Waals surface area contributed by atoms with Crippen LogP contribution in [0, 0.1) is 0 Å². The summed E-state index contributed by atoms with van der Waals surface area (Å²) in [5.74, 6) is -0.857. The van der Waals surface area contributed by atoms with Gasteiger partial charge in [0.2, 0.25) is 5.91 Å². The molecule has 4 rings (SSSR count). The average molecular weight is 432 g/mol. The van der Waals surface area contributed by atoms with E-state index in [0.29, 0.717) is 10.8 Å². The molecule has 8 heteroatoms. The molecule has 0 bridgehead atoms. The second-order valence-electron chi connectivity index (χ2n) is 6.93. The van der Waals surface area contributed by atoms with Gasteiger partial charge < -0.3 is 5.73 Å². The maximum atomic E-state index is 13.4. The maximum Gasteiger partial charge on any atom is 0.276 e. The van der Waals surface area contributed by atoms with Crippen LogP contribution in [0.3, 0.4) is 0 Å². The number of thiazole rings is 1. The van der Waals surface area contributed by atoms with Crippen molar-refractivity contribution in [3.8, 4) is 11.3 Å². The number of anilines is 2. The van der Waals surface area contributed by atoms with Crippen molar-refractivity contribution >= 4 is 39.7 Å². The lowest BCUT2D eigenvalue weighted by molar-refractivity contribution is -0.119. The monoisotopic (exact) mass is 431 g/mol. The van der Waals surface area contributed by atoms with E-state index in [-0.39, 0.29) is 24.6 Å². The number of hydrazone groups is 1. The van der Waals surface area contributed by atoms with Gasteiger partial charge in [0.15, 0.2) is 5.13 Å². The van der Waals surface area contributed by atoms with Crippen molar-refractivity contribution in [2.45, 2.75) is 12.5 Å². The number of primary amides is 1. The Kier molecular flexibility index (Phi) is 5.90. The summed E-state index contributed by atoms with van der Waals surface area (Å²) in [6.45, 7) is 4.03. The highest BCUT2D eigenvalue weighted by Crippen LogP contribution is 2.29. The molecule has 1 aliphatic heterocycles. The Balaban J connectivity index is 1.63. The normalized spacial score (nSPS) is 15.4. The van der Waals surface area contributed by atoms with E-state index in [9.17, 15) is 9.59 Å². The lowest BCUT2D eigenvalue weighted by Crippen LogP contribution is -2.40. The zero-order chi connectivity index (χ0) is 21.8. The van der Waals surface area contributed by atoms with Gasteiger partial charge in [-0.05, 0) is 12.1 Å². The van der Waals surface area contributed by atoms with Gasteiger partial charge >= 0.3 is 0 Å². The molecule has 2 heterocycles. The number of carbonyl (C=O) groups excluding carboxylic acids is 2. The van der Waals surface area contributed by atoms with Crippen LogP contribution in [0.15, 0.2) is 83.8 Å². The van der Waals surface area contributed by atoms with Crippen molar-refractivity contribution in [2.75, 3.05) is 16.5 Å². The fourth-order valence-electron chi connectivity index (χ4n) is 3.34. The summed E-state index contributed by atoms with van der Waals surface area (Å²) < 4.78 is 0. The first-order valence-corrected chi connectivity index (χ1v) is 10.6. The molecular formula is C23H21N5O2S. The summed E-state index contributed by atoms with van der Waals surface area (Å²) in [5.41, 5.74) is 8.31. The van der Waals surface area contributed by atoms with Gasteiger partial charge in [-0.25, -0.2) is 4.98 Å².